The van der Waals surface area contributed by atoms with E-state index in [0.717, 1.165) is 0 Å². The van der Waals surface area contributed by atoms with Gasteiger partial charge in [-0.2, -0.15) is 0 Å². The van der Waals surface area contributed by atoms with Gasteiger partial charge in [-0.3, -0.25) is 34.3 Å². The van der Waals surface area contributed by atoms with Crippen molar-refractivity contribution in [1.29, 1.82) is 0 Å². The minimum absolute atomic E-state index is 0. The van der Waals surface area contributed by atoms with E-state index < -0.39 is 34.9 Å². The number of hydrogen-bond acceptors (Lipinski definition) is 7. The van der Waals surface area contributed by atoms with Crippen molar-refractivity contribution < 1.29 is 24.1 Å². The number of nitrogens with one attached hydrogen (secondary N) is 3. The van der Waals surface area contributed by atoms with Crippen LogP contribution in [-0.2, 0) is 19.2 Å². The molecular formula is C22H31ClN8O6. The second-order valence-electron chi connectivity index (χ2n) is 8.65. The summed E-state index contributed by atoms with van der Waals surface area (Å²) < 4.78 is 0. The van der Waals surface area contributed by atoms with Crippen LogP contribution < -0.4 is 27.4 Å². The van der Waals surface area contributed by atoms with Crippen LogP contribution in [0.3, 0.4) is 0 Å². The van der Waals surface area contributed by atoms with Gasteiger partial charge in [0.15, 0.2) is 5.96 Å². The highest BCUT2D eigenvalue weighted by Gasteiger charge is 2.40. The summed E-state index contributed by atoms with van der Waals surface area (Å²) in [6, 6.07) is 2.92. The Morgan fingerprint density at radius 2 is 1.92 bits per heavy atom. The monoisotopic (exact) mass is 538 g/mol. The summed E-state index contributed by atoms with van der Waals surface area (Å²) in [4.78, 5) is 66.2. The van der Waals surface area contributed by atoms with Crippen LogP contribution in [0.2, 0.25) is 0 Å². The van der Waals surface area contributed by atoms with E-state index in [1.54, 1.807) is 0 Å². The Bertz CT molecular complexity index is 1050. The average Bonchev–Trinajstić information content (AvgIpc) is 3.50. The summed E-state index contributed by atoms with van der Waals surface area (Å²) in [6.07, 6.45) is 2.30. The zero-order valence-corrected chi connectivity index (χ0v) is 20.9. The predicted octanol–water partition coefficient (Wildman–Crippen LogP) is -0.237. The van der Waals surface area contributed by atoms with E-state index in [4.69, 9.17) is 11.5 Å². The molecule has 2 fully saturated rings. The molecule has 0 radical (unpaired) electrons. The molecule has 37 heavy (non-hydrogen) atoms. The van der Waals surface area contributed by atoms with Crippen molar-refractivity contribution in [3.63, 3.8) is 0 Å². The number of nitro benzene ring substituents is 1. The van der Waals surface area contributed by atoms with E-state index in [9.17, 15) is 29.3 Å². The van der Waals surface area contributed by atoms with Gasteiger partial charge in [-0.15, -0.1) is 12.4 Å². The average molecular weight is 539 g/mol. The number of hydrogen-bond donors (Lipinski definition) is 5. The highest BCUT2D eigenvalue weighted by molar-refractivity contribution is 5.99. The van der Waals surface area contributed by atoms with E-state index in [-0.39, 0.29) is 55.3 Å². The topological polar surface area (TPSA) is 215 Å². The smallest absolute Gasteiger partial charge is 0.269 e. The van der Waals surface area contributed by atoms with Crippen LogP contribution in [0.5, 0.6) is 0 Å². The molecule has 7 N–H and O–H groups in total. The van der Waals surface area contributed by atoms with Crippen molar-refractivity contribution in [1.82, 2.24) is 15.5 Å². The van der Waals surface area contributed by atoms with Crippen LogP contribution in [0.25, 0.3) is 0 Å². The van der Waals surface area contributed by atoms with Gasteiger partial charge in [0, 0.05) is 37.3 Å². The quantitative estimate of drug-likeness (QED) is 0.0878. The van der Waals surface area contributed by atoms with Gasteiger partial charge in [0.05, 0.1) is 4.92 Å². The van der Waals surface area contributed by atoms with E-state index in [0.29, 0.717) is 37.9 Å². The van der Waals surface area contributed by atoms with Gasteiger partial charge in [-0.05, 0) is 44.2 Å². The molecule has 2 aliphatic rings. The fourth-order valence-electron chi connectivity index (χ4n) is 4.24. The lowest BCUT2D eigenvalue weighted by Crippen LogP contribution is -2.54. The summed E-state index contributed by atoms with van der Waals surface area (Å²) in [6.45, 7) is 0.627. The first-order valence-corrected chi connectivity index (χ1v) is 11.7. The van der Waals surface area contributed by atoms with Crippen LogP contribution in [0.4, 0.5) is 11.4 Å². The molecule has 0 aromatic heterocycles. The zero-order chi connectivity index (χ0) is 26.2. The fraction of sp³-hybridized carbons (Fsp3) is 0.500. The second kappa shape index (κ2) is 13.4. The zero-order valence-electron chi connectivity index (χ0n) is 20.1. The van der Waals surface area contributed by atoms with Gasteiger partial charge in [-0.25, -0.2) is 0 Å². The first kappa shape index (κ1) is 29.3. The molecule has 3 rings (SSSR count). The van der Waals surface area contributed by atoms with Crippen molar-refractivity contribution >= 4 is 53.4 Å². The maximum absolute atomic E-state index is 13.2. The molecule has 1 aromatic rings. The third-order valence-corrected chi connectivity index (χ3v) is 6.06. The highest BCUT2D eigenvalue weighted by atomic mass is 35.5. The Labute approximate surface area is 219 Å². The van der Waals surface area contributed by atoms with Crippen LogP contribution in [0.15, 0.2) is 29.3 Å². The summed E-state index contributed by atoms with van der Waals surface area (Å²) in [5.41, 5.74) is 10.9. The number of guanidine groups is 1. The first-order valence-electron chi connectivity index (χ1n) is 11.7. The maximum Gasteiger partial charge on any atom is 0.269 e. The summed E-state index contributed by atoms with van der Waals surface area (Å²) >= 11 is 0. The second-order valence-corrected chi connectivity index (χ2v) is 8.65. The molecular weight excluding hydrogens is 508 g/mol. The molecule has 15 heteroatoms. The van der Waals surface area contributed by atoms with Crippen LogP contribution >= 0.6 is 12.4 Å². The molecule has 2 aliphatic heterocycles. The number of carbonyl (C=O) groups is 4. The van der Waals surface area contributed by atoms with Crippen molar-refractivity contribution in [2.75, 3.05) is 18.4 Å². The van der Waals surface area contributed by atoms with Gasteiger partial charge in [0.1, 0.15) is 18.1 Å². The number of halogens is 1. The number of nitrogens with two attached hydrogens (primary N) is 2. The molecule has 4 amide bonds. The molecule has 2 saturated heterocycles. The Hall–Kier alpha value is -3.94. The molecule has 3 atom stereocenters. The third kappa shape index (κ3) is 8.03. The largest absolute Gasteiger partial charge is 0.370 e. The fourth-order valence-corrected chi connectivity index (χ4v) is 4.24. The molecule has 14 nitrogen and oxygen atoms in total. The molecule has 0 bridgehead atoms. The summed E-state index contributed by atoms with van der Waals surface area (Å²) in [5.74, 6) is -1.60. The number of non-ortho nitro benzene ring substituents is 1. The van der Waals surface area contributed by atoms with Gasteiger partial charge >= 0.3 is 0 Å². The molecule has 2 heterocycles. The van der Waals surface area contributed by atoms with E-state index in [1.165, 1.54) is 29.2 Å². The number of nitrogens with zero attached hydrogens (tertiary/aromatic N) is 3. The third-order valence-electron chi connectivity index (χ3n) is 6.06. The number of likely N-dealkylation sites (tertiary alicyclic amines) is 1. The lowest BCUT2D eigenvalue weighted by molar-refractivity contribution is -0.384. The predicted molar refractivity (Wildman–Crippen MR) is 137 cm³/mol. The Morgan fingerprint density at radius 3 is 2.51 bits per heavy atom. The van der Waals surface area contributed by atoms with Gasteiger partial charge in [0.2, 0.25) is 23.6 Å². The lowest BCUT2D eigenvalue weighted by atomic mass is 10.1. The Kier molecular flexibility index (Phi) is 10.6. The SMILES string of the molecule is Cl.NC(N)=NCCC[C@H](NC(=O)[C@@H]1CCCN1C(=O)[C@H]1CCC(=O)N1)C(=O)Nc1ccc([N+](=O)[O-])cc1. The standard InChI is InChI=1S/C22H30N8O6.ClH/c23-22(24)25-11-1-3-15(19(32)26-13-5-7-14(8-6-13)30(35)36)28-20(33)17-4-2-12-29(17)21(34)16-9-10-18(31)27-16;/h5-8,15-17H,1-4,9-12H2,(H,26,32)(H,27,31)(H,28,33)(H4,23,24,25);1H/t15-,16+,17-;/m0./s1. The number of benzene rings is 1. The molecule has 0 aliphatic carbocycles. The van der Waals surface area contributed by atoms with E-state index in [2.05, 4.69) is 20.9 Å². The number of rotatable bonds is 10. The number of carbonyl (C=O) groups excluding carboxylic acids is 4. The van der Waals surface area contributed by atoms with E-state index in [1.807, 2.05) is 0 Å². The minimum atomic E-state index is -0.967. The Morgan fingerprint density at radius 1 is 1.22 bits per heavy atom. The number of anilines is 1. The molecule has 0 unspecified atom stereocenters. The van der Waals surface area contributed by atoms with Gasteiger partial charge in [-0.1, -0.05) is 0 Å². The molecule has 1 aromatic carbocycles. The molecule has 202 valence electrons. The van der Waals surface area contributed by atoms with Crippen LogP contribution in [0.1, 0.15) is 38.5 Å². The summed E-state index contributed by atoms with van der Waals surface area (Å²) in [7, 11) is 0. The molecule has 0 saturated carbocycles. The minimum Gasteiger partial charge on any atom is -0.370 e. The van der Waals surface area contributed by atoms with Crippen LogP contribution in [0, 0.1) is 10.1 Å². The first-order chi connectivity index (χ1) is 17.2. The number of nitro groups is 1. The number of aliphatic imine (C=N–C) groups is 1. The molecule has 0 spiro atoms. The van der Waals surface area contributed by atoms with Gasteiger partial charge < -0.3 is 32.3 Å². The normalized spacial score (nSPS) is 19.2. The lowest BCUT2D eigenvalue weighted by Gasteiger charge is -2.28. The van der Waals surface area contributed by atoms with Gasteiger partial charge in [0.25, 0.3) is 5.69 Å². The Balaban J connectivity index is 0.00000481. The summed E-state index contributed by atoms with van der Waals surface area (Å²) in [5, 5.41) is 18.9. The maximum atomic E-state index is 13.2. The van der Waals surface area contributed by atoms with Crippen molar-refractivity contribution in [3.8, 4) is 0 Å². The highest BCUT2D eigenvalue weighted by Crippen LogP contribution is 2.22. The number of amides is 4. The van der Waals surface area contributed by atoms with Crippen LogP contribution in [-0.4, -0.2) is 70.6 Å². The van der Waals surface area contributed by atoms with Crippen molar-refractivity contribution in [2.24, 2.45) is 16.5 Å². The van der Waals surface area contributed by atoms with Crippen molar-refractivity contribution in [3.05, 3.63) is 34.4 Å². The van der Waals surface area contributed by atoms with E-state index >= 15 is 0 Å². The van der Waals surface area contributed by atoms with Crippen molar-refractivity contribution in [2.45, 2.75) is 56.7 Å².